The molecule has 0 unspecified atom stereocenters. The molecule has 5 nitrogen and oxygen atoms in total. The van der Waals surface area contributed by atoms with Crippen molar-refractivity contribution in [1.82, 2.24) is 0 Å². The van der Waals surface area contributed by atoms with Gasteiger partial charge in [0.25, 0.3) is 5.69 Å². The number of halogens is 1. The Kier molecular flexibility index (Phi) is 2.35. The van der Waals surface area contributed by atoms with Gasteiger partial charge in [-0.1, -0.05) is 11.6 Å². The van der Waals surface area contributed by atoms with Gasteiger partial charge in [-0.05, 0) is 25.0 Å². The molecule has 1 aliphatic rings. The highest BCUT2D eigenvalue weighted by molar-refractivity contribution is 6.30. The fourth-order valence-electron chi connectivity index (χ4n) is 1.77. The number of hydrogen-bond acceptors (Lipinski definition) is 3. The maximum absolute atomic E-state index is 11.1. The summed E-state index contributed by atoms with van der Waals surface area (Å²) in [5.41, 5.74) is -1.07. The molecule has 0 bridgehead atoms. The minimum Gasteiger partial charge on any atom is -0.481 e. The van der Waals surface area contributed by atoms with E-state index in [2.05, 4.69) is 0 Å². The average molecular weight is 242 g/mol. The topological polar surface area (TPSA) is 80.4 Å². The minimum atomic E-state index is -1.10. The number of carbonyl (C=O) groups is 1. The van der Waals surface area contributed by atoms with Gasteiger partial charge in [0.05, 0.1) is 10.3 Å². The Balaban J connectivity index is 2.59. The van der Waals surface area contributed by atoms with Gasteiger partial charge in [0.2, 0.25) is 0 Å². The van der Waals surface area contributed by atoms with Crippen molar-refractivity contribution in [2.75, 3.05) is 0 Å². The molecule has 16 heavy (non-hydrogen) atoms. The molecular formula is C10H8ClNO4. The number of benzene rings is 1. The summed E-state index contributed by atoms with van der Waals surface area (Å²) in [7, 11) is 0. The van der Waals surface area contributed by atoms with Crippen LogP contribution in [0.5, 0.6) is 0 Å². The van der Waals surface area contributed by atoms with Crippen LogP contribution in [0.3, 0.4) is 0 Å². The van der Waals surface area contributed by atoms with Crippen LogP contribution in [-0.4, -0.2) is 16.0 Å². The van der Waals surface area contributed by atoms with Crippen molar-refractivity contribution < 1.29 is 14.8 Å². The van der Waals surface area contributed by atoms with Crippen molar-refractivity contribution in [1.29, 1.82) is 0 Å². The van der Waals surface area contributed by atoms with E-state index in [-0.39, 0.29) is 11.3 Å². The third-order valence-corrected chi connectivity index (χ3v) is 3.07. The predicted molar refractivity (Wildman–Crippen MR) is 56.7 cm³/mol. The molecule has 1 N–H and O–H groups in total. The fourth-order valence-corrected chi connectivity index (χ4v) is 1.95. The van der Waals surface area contributed by atoms with Gasteiger partial charge in [-0.3, -0.25) is 14.9 Å². The highest BCUT2D eigenvalue weighted by Crippen LogP contribution is 2.51. The lowest BCUT2D eigenvalue weighted by atomic mass is 9.94. The number of nitro groups is 1. The Morgan fingerprint density at radius 3 is 2.56 bits per heavy atom. The SMILES string of the molecule is O=C(O)C1(c2cc(Cl)ccc2[N+](=O)[O-])CC1. The smallest absolute Gasteiger partial charge is 0.314 e. The van der Waals surface area contributed by atoms with Crippen molar-refractivity contribution in [3.05, 3.63) is 38.9 Å². The average Bonchev–Trinajstić information content (AvgIpc) is 2.97. The number of hydrogen-bond donors (Lipinski definition) is 1. The van der Waals surface area contributed by atoms with E-state index < -0.39 is 16.3 Å². The Morgan fingerprint density at radius 1 is 1.50 bits per heavy atom. The van der Waals surface area contributed by atoms with E-state index in [0.29, 0.717) is 17.9 Å². The molecule has 1 aromatic rings. The molecule has 6 heteroatoms. The van der Waals surface area contributed by atoms with Crippen LogP contribution < -0.4 is 0 Å². The molecule has 0 saturated heterocycles. The van der Waals surface area contributed by atoms with E-state index in [1.807, 2.05) is 0 Å². The maximum Gasteiger partial charge on any atom is 0.314 e. The van der Waals surface area contributed by atoms with Crippen LogP contribution in [0.15, 0.2) is 18.2 Å². The summed E-state index contributed by atoms with van der Waals surface area (Å²) in [6.45, 7) is 0. The highest BCUT2D eigenvalue weighted by Gasteiger charge is 2.55. The van der Waals surface area contributed by atoms with E-state index in [1.54, 1.807) is 0 Å². The van der Waals surface area contributed by atoms with Gasteiger partial charge in [0, 0.05) is 16.7 Å². The third-order valence-electron chi connectivity index (χ3n) is 2.83. The quantitative estimate of drug-likeness (QED) is 0.651. The van der Waals surface area contributed by atoms with Crippen LogP contribution in [-0.2, 0) is 10.2 Å². The standard InChI is InChI=1S/C10H8ClNO4/c11-6-1-2-8(12(15)16)7(5-6)10(3-4-10)9(13)14/h1-2,5H,3-4H2,(H,13,14). The van der Waals surface area contributed by atoms with E-state index in [4.69, 9.17) is 16.7 Å². The van der Waals surface area contributed by atoms with Crippen LogP contribution in [0.4, 0.5) is 5.69 Å². The summed E-state index contributed by atoms with van der Waals surface area (Å²) < 4.78 is 0. The van der Waals surface area contributed by atoms with Crippen LogP contribution in [0.25, 0.3) is 0 Å². The molecule has 0 spiro atoms. The molecule has 0 atom stereocenters. The highest BCUT2D eigenvalue weighted by atomic mass is 35.5. The lowest BCUT2D eigenvalue weighted by Crippen LogP contribution is -2.20. The fraction of sp³-hybridized carbons (Fsp3) is 0.300. The van der Waals surface area contributed by atoms with Crippen LogP contribution in [0, 0.1) is 10.1 Å². The first-order valence-corrected chi connectivity index (χ1v) is 5.03. The molecule has 84 valence electrons. The van der Waals surface area contributed by atoms with Gasteiger partial charge in [-0.2, -0.15) is 0 Å². The van der Waals surface area contributed by atoms with Crippen molar-refractivity contribution in [3.8, 4) is 0 Å². The maximum atomic E-state index is 11.1. The van der Waals surface area contributed by atoms with E-state index >= 15 is 0 Å². The van der Waals surface area contributed by atoms with Crippen LogP contribution in [0.2, 0.25) is 5.02 Å². The van der Waals surface area contributed by atoms with Gasteiger partial charge in [-0.25, -0.2) is 0 Å². The predicted octanol–water partition coefficient (Wildman–Crippen LogP) is 2.36. The Bertz CT molecular complexity index is 482. The minimum absolute atomic E-state index is 0.177. The van der Waals surface area contributed by atoms with Crippen molar-refractivity contribution >= 4 is 23.3 Å². The van der Waals surface area contributed by atoms with E-state index in [1.165, 1.54) is 18.2 Å². The molecule has 0 aromatic heterocycles. The first-order chi connectivity index (χ1) is 7.47. The molecule has 0 amide bonds. The molecule has 1 fully saturated rings. The second-order valence-corrected chi connectivity index (χ2v) is 4.24. The summed E-state index contributed by atoms with van der Waals surface area (Å²) in [4.78, 5) is 21.3. The van der Waals surface area contributed by atoms with Crippen LogP contribution in [0.1, 0.15) is 18.4 Å². The molecule has 1 aliphatic carbocycles. The first-order valence-electron chi connectivity index (χ1n) is 4.65. The van der Waals surface area contributed by atoms with E-state index in [9.17, 15) is 14.9 Å². The molecule has 0 radical (unpaired) electrons. The van der Waals surface area contributed by atoms with Crippen LogP contribution >= 0.6 is 11.6 Å². The summed E-state index contributed by atoms with van der Waals surface area (Å²) in [5.74, 6) is -1.03. The Hall–Kier alpha value is -1.62. The normalized spacial score (nSPS) is 16.8. The zero-order chi connectivity index (χ0) is 11.9. The molecular weight excluding hydrogens is 234 g/mol. The summed E-state index contributed by atoms with van der Waals surface area (Å²) >= 11 is 5.74. The number of carboxylic acids is 1. The van der Waals surface area contributed by atoms with Crippen molar-refractivity contribution in [3.63, 3.8) is 0 Å². The Labute approximate surface area is 95.8 Å². The molecule has 0 aliphatic heterocycles. The number of rotatable bonds is 3. The molecule has 1 aromatic carbocycles. The first kappa shape index (κ1) is 10.9. The Morgan fingerprint density at radius 2 is 2.12 bits per heavy atom. The summed E-state index contributed by atoms with van der Waals surface area (Å²) in [6, 6.07) is 4.02. The monoisotopic (exact) mass is 241 g/mol. The number of nitrogens with zero attached hydrogens (tertiary/aromatic N) is 1. The zero-order valence-electron chi connectivity index (χ0n) is 8.14. The van der Waals surface area contributed by atoms with Crippen molar-refractivity contribution in [2.24, 2.45) is 0 Å². The molecule has 0 heterocycles. The summed E-state index contributed by atoms with van der Waals surface area (Å²) in [5, 5.41) is 20.2. The largest absolute Gasteiger partial charge is 0.481 e. The summed E-state index contributed by atoms with van der Waals surface area (Å²) in [6.07, 6.45) is 0.840. The lowest BCUT2D eigenvalue weighted by Gasteiger charge is -2.10. The van der Waals surface area contributed by atoms with Gasteiger partial charge in [0.1, 0.15) is 0 Å². The number of carboxylic acid groups (broad SMARTS) is 1. The number of nitro benzene ring substituents is 1. The second kappa shape index (κ2) is 3.45. The third kappa shape index (κ3) is 1.53. The number of aliphatic carboxylic acids is 1. The van der Waals surface area contributed by atoms with Gasteiger partial charge in [-0.15, -0.1) is 0 Å². The van der Waals surface area contributed by atoms with E-state index in [0.717, 1.165) is 0 Å². The second-order valence-electron chi connectivity index (χ2n) is 3.81. The van der Waals surface area contributed by atoms with Gasteiger partial charge in [0.15, 0.2) is 0 Å². The molecule has 1 saturated carbocycles. The van der Waals surface area contributed by atoms with Gasteiger partial charge >= 0.3 is 5.97 Å². The lowest BCUT2D eigenvalue weighted by molar-refractivity contribution is -0.385. The van der Waals surface area contributed by atoms with Crippen molar-refractivity contribution in [2.45, 2.75) is 18.3 Å². The molecule has 2 rings (SSSR count). The van der Waals surface area contributed by atoms with Gasteiger partial charge < -0.3 is 5.11 Å². The zero-order valence-corrected chi connectivity index (χ0v) is 8.90.